The molecule has 0 atom stereocenters. The molecular weight excluding hydrogens is 475 g/mol. The van der Waals surface area contributed by atoms with Crippen LogP contribution in [0.5, 0.6) is 5.75 Å². The minimum absolute atomic E-state index is 0.0255. The van der Waals surface area contributed by atoms with E-state index in [1.165, 1.54) is 18.6 Å². The molecule has 0 fully saturated rings. The summed E-state index contributed by atoms with van der Waals surface area (Å²) in [5.41, 5.74) is -2.47. The van der Waals surface area contributed by atoms with Crippen LogP contribution in [0.25, 0.3) is 16.6 Å². The lowest BCUT2D eigenvalue weighted by molar-refractivity contribution is 0.0608. The van der Waals surface area contributed by atoms with Crippen LogP contribution in [-0.2, 0) is 10.2 Å². The van der Waals surface area contributed by atoms with Crippen molar-refractivity contribution in [3.8, 4) is 11.4 Å². The fourth-order valence-electron chi connectivity index (χ4n) is 3.97. The quantitative estimate of drug-likeness (QED) is 0.321. The second-order valence-corrected chi connectivity index (χ2v) is 9.12. The van der Waals surface area contributed by atoms with Gasteiger partial charge in [0.25, 0.3) is 5.56 Å². The second-order valence-electron chi connectivity index (χ2n) is 8.24. The number of methoxy groups -OCH3 is 2. The van der Waals surface area contributed by atoms with Crippen LogP contribution in [0.3, 0.4) is 0 Å². The van der Waals surface area contributed by atoms with Crippen molar-refractivity contribution in [1.29, 1.82) is 0 Å². The summed E-state index contributed by atoms with van der Waals surface area (Å²) in [7, 11) is 2.66. The Morgan fingerprint density at radius 1 is 1.09 bits per heavy atom. The lowest BCUT2D eigenvalue weighted by Crippen LogP contribution is -2.35. The third-order valence-corrected chi connectivity index (χ3v) is 6.78. The summed E-state index contributed by atoms with van der Waals surface area (Å²) in [4.78, 5) is 54.1. The number of benzene rings is 2. The van der Waals surface area contributed by atoms with Crippen LogP contribution >= 0.6 is 11.3 Å². The van der Waals surface area contributed by atoms with Crippen molar-refractivity contribution < 1.29 is 23.5 Å². The van der Waals surface area contributed by atoms with Gasteiger partial charge in [0.15, 0.2) is 5.78 Å². The third-order valence-electron chi connectivity index (χ3n) is 5.82. The number of ketones is 1. The molecule has 4 aromatic rings. The molecule has 0 radical (unpaired) electrons. The molecular formula is C25H21FN2O6S. The smallest absolute Gasteiger partial charge is 0.348 e. The van der Waals surface area contributed by atoms with Crippen molar-refractivity contribution in [2.75, 3.05) is 14.2 Å². The van der Waals surface area contributed by atoms with Crippen LogP contribution in [0.1, 0.15) is 39.4 Å². The summed E-state index contributed by atoms with van der Waals surface area (Å²) < 4.78 is 25.6. The fraction of sp³-hybridized carbons (Fsp3) is 0.200. The van der Waals surface area contributed by atoms with E-state index in [9.17, 15) is 23.6 Å². The number of para-hydroxylation sites is 1. The molecule has 2 heterocycles. The van der Waals surface area contributed by atoms with Gasteiger partial charge >= 0.3 is 11.7 Å². The number of esters is 1. The molecule has 0 spiro atoms. The number of aromatic nitrogens is 2. The Morgan fingerprint density at radius 2 is 1.80 bits per heavy atom. The summed E-state index contributed by atoms with van der Waals surface area (Å²) in [5.74, 6) is -1.51. The summed E-state index contributed by atoms with van der Waals surface area (Å²) in [6, 6.07) is 10.5. The number of fused-ring (bicyclic) bond motifs is 1. The Hall–Kier alpha value is -4.05. The molecule has 0 amide bonds. The predicted octanol–water partition coefficient (Wildman–Crippen LogP) is 3.84. The Morgan fingerprint density at radius 3 is 2.49 bits per heavy atom. The van der Waals surface area contributed by atoms with Crippen LogP contribution in [-0.4, -0.2) is 35.5 Å². The second kappa shape index (κ2) is 8.95. The molecule has 180 valence electrons. The van der Waals surface area contributed by atoms with Crippen LogP contribution in [0, 0.1) is 5.82 Å². The number of hydrogen-bond donors (Lipinski definition) is 1. The molecule has 0 bridgehead atoms. The van der Waals surface area contributed by atoms with Crippen molar-refractivity contribution in [1.82, 2.24) is 9.55 Å². The van der Waals surface area contributed by atoms with Gasteiger partial charge < -0.3 is 14.5 Å². The molecule has 0 saturated carbocycles. The fourth-order valence-corrected chi connectivity index (χ4v) is 4.88. The number of carbonyl (C=O) groups excluding carboxylic acids is 2. The molecule has 0 unspecified atom stereocenters. The summed E-state index contributed by atoms with van der Waals surface area (Å²) in [6.45, 7) is 3.41. The zero-order chi connectivity index (χ0) is 25.5. The minimum Gasteiger partial charge on any atom is -0.496 e. The average Bonchev–Trinajstić information content (AvgIpc) is 3.28. The number of H-pyrrole nitrogens is 1. The van der Waals surface area contributed by atoms with Crippen LogP contribution in [0.2, 0.25) is 0 Å². The number of thiophene rings is 1. The minimum atomic E-state index is -1.07. The number of nitrogens with one attached hydrogen (secondary N) is 1. The van der Waals surface area contributed by atoms with Crippen LogP contribution in [0.4, 0.5) is 4.39 Å². The summed E-state index contributed by atoms with van der Waals surface area (Å²) >= 11 is 0.921. The van der Waals surface area contributed by atoms with E-state index in [0.717, 1.165) is 30.6 Å². The van der Waals surface area contributed by atoms with Crippen molar-refractivity contribution in [3.05, 3.63) is 90.5 Å². The van der Waals surface area contributed by atoms with E-state index in [0.29, 0.717) is 15.9 Å². The standard InChI is InChI=1S/C25H21FN2O6S/c1-25(2,14-7-5-6-8-18(14)33-3)21(29)13-9-10-15(26)17(11-13)28-22(30)19-16(27-24(28)32)12-35-20(19)23(31)34-4/h5-12H,1-4H3,(H,27,32). The molecule has 0 aliphatic heterocycles. The van der Waals surface area contributed by atoms with Gasteiger partial charge in [-0.3, -0.25) is 9.59 Å². The van der Waals surface area contributed by atoms with Gasteiger partial charge in [-0.1, -0.05) is 18.2 Å². The van der Waals surface area contributed by atoms with Crippen LogP contribution < -0.4 is 16.0 Å². The molecule has 10 heteroatoms. The Kier molecular flexibility index (Phi) is 6.16. The number of nitrogens with zero attached hydrogens (tertiary/aromatic N) is 1. The number of ether oxygens (including phenoxy) is 2. The molecule has 8 nitrogen and oxygen atoms in total. The number of halogens is 1. The number of carbonyl (C=O) groups is 2. The van der Waals surface area contributed by atoms with E-state index in [1.807, 2.05) is 0 Å². The van der Waals surface area contributed by atoms with E-state index in [1.54, 1.807) is 38.1 Å². The first kappa shape index (κ1) is 24.1. The third kappa shape index (κ3) is 3.95. The van der Waals surface area contributed by atoms with Gasteiger partial charge in [-0.2, -0.15) is 0 Å². The average molecular weight is 497 g/mol. The highest BCUT2D eigenvalue weighted by atomic mass is 32.1. The highest BCUT2D eigenvalue weighted by molar-refractivity contribution is 7.13. The molecule has 0 saturated heterocycles. The van der Waals surface area contributed by atoms with Crippen LogP contribution in [0.15, 0.2) is 57.4 Å². The summed E-state index contributed by atoms with van der Waals surface area (Å²) in [6.07, 6.45) is 0. The maximum atomic E-state index is 14.9. The first-order valence-electron chi connectivity index (χ1n) is 10.4. The van der Waals surface area contributed by atoms with Gasteiger partial charge in [0.05, 0.1) is 36.2 Å². The van der Waals surface area contributed by atoms with E-state index < -0.39 is 34.1 Å². The molecule has 0 aliphatic carbocycles. The van der Waals surface area contributed by atoms with Crippen molar-refractivity contribution in [3.63, 3.8) is 0 Å². The van der Waals surface area contributed by atoms with Crippen molar-refractivity contribution in [2.24, 2.45) is 0 Å². The van der Waals surface area contributed by atoms with Gasteiger partial charge in [0, 0.05) is 16.5 Å². The van der Waals surface area contributed by atoms with Gasteiger partial charge in [-0.15, -0.1) is 11.3 Å². The van der Waals surface area contributed by atoms with Crippen molar-refractivity contribution >= 4 is 34.0 Å². The number of hydrogen-bond acceptors (Lipinski definition) is 7. The van der Waals surface area contributed by atoms with Crippen molar-refractivity contribution in [2.45, 2.75) is 19.3 Å². The maximum absolute atomic E-state index is 14.9. The van der Waals surface area contributed by atoms with Gasteiger partial charge in [-0.25, -0.2) is 18.5 Å². The topological polar surface area (TPSA) is 107 Å². The largest absolute Gasteiger partial charge is 0.496 e. The molecule has 35 heavy (non-hydrogen) atoms. The molecule has 1 N–H and O–H groups in total. The normalized spacial score (nSPS) is 11.5. The lowest BCUT2D eigenvalue weighted by Gasteiger charge is -2.26. The number of Topliss-reactive ketones (excluding diaryl/α,β-unsaturated/α-hetero) is 1. The SMILES string of the molecule is COC(=O)c1scc2[nH]c(=O)n(-c3cc(C(=O)C(C)(C)c4ccccc4OC)ccc3F)c(=O)c12. The Bertz CT molecular complexity index is 1600. The molecule has 2 aromatic carbocycles. The highest BCUT2D eigenvalue weighted by Gasteiger charge is 2.34. The van der Waals surface area contributed by atoms with E-state index >= 15 is 0 Å². The van der Waals surface area contributed by atoms with Gasteiger partial charge in [0.2, 0.25) is 0 Å². The van der Waals surface area contributed by atoms with Gasteiger partial charge in [0.1, 0.15) is 16.4 Å². The zero-order valence-corrected chi connectivity index (χ0v) is 20.1. The van der Waals surface area contributed by atoms with E-state index in [4.69, 9.17) is 9.47 Å². The molecule has 0 aliphatic rings. The number of aromatic amines is 1. The Labute approximate surface area is 202 Å². The van der Waals surface area contributed by atoms with E-state index in [2.05, 4.69) is 4.98 Å². The first-order valence-corrected chi connectivity index (χ1v) is 11.3. The maximum Gasteiger partial charge on any atom is 0.348 e. The van der Waals surface area contributed by atoms with E-state index in [-0.39, 0.29) is 27.1 Å². The molecule has 4 rings (SSSR count). The monoisotopic (exact) mass is 496 g/mol. The lowest BCUT2D eigenvalue weighted by atomic mass is 9.77. The molecule has 2 aromatic heterocycles. The first-order chi connectivity index (χ1) is 16.6. The Balaban J connectivity index is 1.90. The number of rotatable bonds is 6. The predicted molar refractivity (Wildman–Crippen MR) is 130 cm³/mol. The summed E-state index contributed by atoms with van der Waals surface area (Å²) in [5, 5.41) is 1.33. The highest BCUT2D eigenvalue weighted by Crippen LogP contribution is 2.34. The van der Waals surface area contributed by atoms with Gasteiger partial charge in [-0.05, 0) is 38.1 Å². The zero-order valence-electron chi connectivity index (χ0n) is 19.3.